The van der Waals surface area contributed by atoms with Crippen LogP contribution in [0.1, 0.15) is 17.5 Å². The molecule has 0 aliphatic carbocycles. The number of rotatable bonds is 5. The number of halogens is 1. The molecule has 0 radical (unpaired) electrons. The van der Waals surface area contributed by atoms with Crippen molar-refractivity contribution in [2.75, 3.05) is 20.3 Å². The lowest BCUT2D eigenvalue weighted by Crippen LogP contribution is -2.35. The lowest BCUT2D eigenvalue weighted by Gasteiger charge is -2.14. The quantitative estimate of drug-likeness (QED) is 0.849. The number of ether oxygens (including phenoxy) is 1. The molecule has 1 aliphatic rings. The molecule has 1 atom stereocenters. The average molecular weight is 302 g/mol. The molecule has 1 aromatic carbocycles. The number of sulfonamides is 1. The summed E-state index contributed by atoms with van der Waals surface area (Å²) < 4.78 is 46.2. The summed E-state index contributed by atoms with van der Waals surface area (Å²) in [6, 6.07) is 2.52. The fraction of sp³-hybridized carbons (Fsp3) is 0.538. The van der Waals surface area contributed by atoms with Crippen molar-refractivity contribution >= 4 is 10.0 Å². The van der Waals surface area contributed by atoms with Gasteiger partial charge in [0.2, 0.25) is 10.0 Å². The maximum atomic E-state index is 13.9. The number of benzene rings is 1. The minimum absolute atomic E-state index is 0.0913. The maximum absolute atomic E-state index is 13.9. The first-order valence-corrected chi connectivity index (χ1v) is 7.96. The van der Waals surface area contributed by atoms with Gasteiger partial charge in [0.05, 0.1) is 11.5 Å². The molecule has 0 saturated carbocycles. The minimum Gasteiger partial charge on any atom is -0.380 e. The van der Waals surface area contributed by atoms with E-state index in [0.29, 0.717) is 30.8 Å². The molecule has 20 heavy (non-hydrogen) atoms. The Kier molecular flexibility index (Phi) is 4.74. The van der Waals surface area contributed by atoms with Crippen molar-refractivity contribution in [3.05, 3.63) is 29.1 Å². The molecule has 2 N–H and O–H groups in total. The fourth-order valence-electron chi connectivity index (χ4n) is 2.20. The van der Waals surface area contributed by atoms with Crippen LogP contribution in [-0.4, -0.2) is 34.7 Å². The number of hydrogen-bond donors (Lipinski definition) is 2. The van der Waals surface area contributed by atoms with Crippen LogP contribution in [0.3, 0.4) is 0 Å². The second-order valence-electron chi connectivity index (χ2n) is 4.93. The van der Waals surface area contributed by atoms with E-state index in [1.165, 1.54) is 12.1 Å². The SMILES string of the molecule is CNCc1cc(S(=O)(=O)NC2CCOC2)cc(C)c1F. The van der Waals surface area contributed by atoms with Gasteiger partial charge in [0, 0.05) is 24.8 Å². The molecule has 0 bridgehead atoms. The van der Waals surface area contributed by atoms with Crippen LogP contribution >= 0.6 is 0 Å². The molecule has 0 amide bonds. The Balaban J connectivity index is 2.30. The Morgan fingerprint density at radius 1 is 1.45 bits per heavy atom. The summed E-state index contributed by atoms with van der Waals surface area (Å²) in [4.78, 5) is 0.0913. The number of hydrogen-bond acceptors (Lipinski definition) is 4. The van der Waals surface area contributed by atoms with Crippen molar-refractivity contribution in [3.8, 4) is 0 Å². The van der Waals surface area contributed by atoms with Crippen LogP contribution in [0.15, 0.2) is 17.0 Å². The van der Waals surface area contributed by atoms with Crippen LogP contribution in [0.25, 0.3) is 0 Å². The standard InChI is InChI=1S/C13H19FN2O3S/c1-9-5-12(6-10(7-15-2)13(9)14)20(17,18)16-11-3-4-19-8-11/h5-6,11,15-16H,3-4,7-8H2,1-2H3. The summed E-state index contributed by atoms with van der Waals surface area (Å²) in [6.07, 6.45) is 0.656. The molecule has 112 valence electrons. The topological polar surface area (TPSA) is 67.4 Å². The third-order valence-corrected chi connectivity index (χ3v) is 4.73. The smallest absolute Gasteiger partial charge is 0.240 e. The third-order valence-electron chi connectivity index (χ3n) is 3.23. The summed E-state index contributed by atoms with van der Waals surface area (Å²) in [5.74, 6) is -0.373. The first kappa shape index (κ1) is 15.4. The summed E-state index contributed by atoms with van der Waals surface area (Å²) in [5, 5.41) is 2.83. The van der Waals surface area contributed by atoms with E-state index in [-0.39, 0.29) is 23.3 Å². The van der Waals surface area contributed by atoms with Gasteiger partial charge in [0.15, 0.2) is 0 Å². The highest BCUT2D eigenvalue weighted by atomic mass is 32.2. The summed E-state index contributed by atoms with van der Waals surface area (Å²) >= 11 is 0. The lowest BCUT2D eigenvalue weighted by atomic mass is 10.1. The van der Waals surface area contributed by atoms with Gasteiger partial charge in [-0.3, -0.25) is 0 Å². The van der Waals surface area contributed by atoms with Gasteiger partial charge in [0.25, 0.3) is 0 Å². The highest BCUT2D eigenvalue weighted by molar-refractivity contribution is 7.89. The first-order chi connectivity index (χ1) is 9.44. The zero-order chi connectivity index (χ0) is 14.8. The lowest BCUT2D eigenvalue weighted by molar-refractivity contribution is 0.192. The normalized spacial score (nSPS) is 19.4. The second-order valence-corrected chi connectivity index (χ2v) is 6.64. The van der Waals surface area contributed by atoms with Crippen molar-refractivity contribution in [1.29, 1.82) is 0 Å². The minimum atomic E-state index is -3.65. The van der Waals surface area contributed by atoms with Gasteiger partial charge >= 0.3 is 0 Å². The van der Waals surface area contributed by atoms with Gasteiger partial charge in [-0.1, -0.05) is 0 Å². The van der Waals surface area contributed by atoms with Gasteiger partial charge in [-0.05, 0) is 38.1 Å². The van der Waals surface area contributed by atoms with Crippen LogP contribution in [0.4, 0.5) is 4.39 Å². The molecule has 1 saturated heterocycles. The van der Waals surface area contributed by atoms with Gasteiger partial charge in [-0.2, -0.15) is 0 Å². The van der Waals surface area contributed by atoms with E-state index in [1.807, 2.05) is 0 Å². The van der Waals surface area contributed by atoms with E-state index in [4.69, 9.17) is 4.74 Å². The van der Waals surface area contributed by atoms with Crippen LogP contribution in [0.2, 0.25) is 0 Å². The third kappa shape index (κ3) is 3.35. The van der Waals surface area contributed by atoms with Crippen LogP contribution in [0.5, 0.6) is 0 Å². The van der Waals surface area contributed by atoms with E-state index >= 15 is 0 Å². The molecule has 1 unspecified atom stereocenters. The maximum Gasteiger partial charge on any atom is 0.240 e. The largest absolute Gasteiger partial charge is 0.380 e. The Hall–Kier alpha value is -1.02. The van der Waals surface area contributed by atoms with Crippen LogP contribution in [0, 0.1) is 12.7 Å². The summed E-state index contributed by atoms with van der Waals surface area (Å²) in [6.45, 7) is 2.78. The molecular formula is C13H19FN2O3S. The van der Waals surface area contributed by atoms with Gasteiger partial charge in [-0.25, -0.2) is 17.5 Å². The van der Waals surface area contributed by atoms with E-state index in [1.54, 1.807) is 14.0 Å². The summed E-state index contributed by atoms with van der Waals surface area (Å²) in [5.41, 5.74) is 0.663. The fourth-order valence-corrected chi connectivity index (χ4v) is 3.59. The van der Waals surface area contributed by atoms with Crippen molar-refractivity contribution in [2.24, 2.45) is 0 Å². The zero-order valence-corrected chi connectivity index (χ0v) is 12.4. The molecule has 2 rings (SSSR count). The van der Waals surface area contributed by atoms with Crippen molar-refractivity contribution in [1.82, 2.24) is 10.0 Å². The van der Waals surface area contributed by atoms with Gasteiger partial charge in [-0.15, -0.1) is 0 Å². The summed E-state index contributed by atoms with van der Waals surface area (Å²) in [7, 11) is -1.96. The highest BCUT2D eigenvalue weighted by Crippen LogP contribution is 2.20. The number of nitrogens with one attached hydrogen (secondary N) is 2. The molecule has 0 aromatic heterocycles. The van der Waals surface area contributed by atoms with Gasteiger partial charge in [0.1, 0.15) is 5.82 Å². The molecule has 1 aromatic rings. The van der Waals surface area contributed by atoms with Crippen LogP contribution in [-0.2, 0) is 21.3 Å². The molecule has 1 aliphatic heterocycles. The highest BCUT2D eigenvalue weighted by Gasteiger charge is 2.24. The van der Waals surface area contributed by atoms with Crippen molar-refractivity contribution in [3.63, 3.8) is 0 Å². The number of aryl methyl sites for hydroxylation is 1. The van der Waals surface area contributed by atoms with Gasteiger partial charge < -0.3 is 10.1 Å². The predicted molar refractivity (Wildman–Crippen MR) is 73.4 cm³/mol. The molecule has 7 heteroatoms. The molecule has 1 fully saturated rings. The average Bonchev–Trinajstić information content (AvgIpc) is 2.87. The Morgan fingerprint density at radius 2 is 2.20 bits per heavy atom. The Morgan fingerprint density at radius 3 is 2.80 bits per heavy atom. The van der Waals surface area contributed by atoms with E-state index in [2.05, 4.69) is 10.0 Å². The Bertz CT molecular complexity index is 584. The van der Waals surface area contributed by atoms with Crippen molar-refractivity contribution in [2.45, 2.75) is 30.8 Å². The van der Waals surface area contributed by atoms with E-state index < -0.39 is 10.0 Å². The van der Waals surface area contributed by atoms with Crippen molar-refractivity contribution < 1.29 is 17.5 Å². The zero-order valence-electron chi connectivity index (χ0n) is 11.6. The molecule has 1 heterocycles. The first-order valence-electron chi connectivity index (χ1n) is 6.47. The second kappa shape index (κ2) is 6.17. The van der Waals surface area contributed by atoms with E-state index in [9.17, 15) is 12.8 Å². The van der Waals surface area contributed by atoms with Crippen LogP contribution < -0.4 is 10.0 Å². The molecular weight excluding hydrogens is 283 g/mol. The molecule has 5 nitrogen and oxygen atoms in total. The molecule has 0 spiro atoms. The Labute approximate surface area is 118 Å². The predicted octanol–water partition coefficient (Wildman–Crippen LogP) is 0.921. The van der Waals surface area contributed by atoms with E-state index in [0.717, 1.165) is 0 Å². The monoisotopic (exact) mass is 302 g/mol.